The standard InChI is InChI=1S/C50H33NO/c1-2-9-34(10-3-1)36-17-24-43(25-18-36)51(45-28-21-35-11-4-5-12-40(35)33-45)44-26-19-37(20-27-44)38-13-8-14-39(31-38)41-22-29-46-42(32-41)23-30-49-50(46)47-15-6-7-16-48(47)52-49/h1-33H. The summed E-state index contributed by atoms with van der Waals surface area (Å²) in [7, 11) is 0. The van der Waals surface area contributed by atoms with Crippen molar-refractivity contribution in [2.75, 3.05) is 4.90 Å². The molecule has 0 amide bonds. The van der Waals surface area contributed by atoms with Crippen molar-refractivity contribution in [1.82, 2.24) is 0 Å². The molecule has 0 saturated heterocycles. The predicted octanol–water partition coefficient (Wildman–Crippen LogP) is 14.4. The molecule has 0 radical (unpaired) electrons. The van der Waals surface area contributed by atoms with Crippen LogP contribution in [-0.2, 0) is 0 Å². The van der Waals surface area contributed by atoms with E-state index in [0.29, 0.717) is 0 Å². The smallest absolute Gasteiger partial charge is 0.136 e. The molecule has 10 aromatic rings. The molecule has 0 unspecified atom stereocenters. The van der Waals surface area contributed by atoms with Crippen LogP contribution in [-0.4, -0.2) is 0 Å². The zero-order chi connectivity index (χ0) is 34.4. The second kappa shape index (κ2) is 12.5. The molecule has 0 aliphatic rings. The molecule has 244 valence electrons. The van der Waals surface area contributed by atoms with Crippen LogP contribution in [0, 0.1) is 0 Å². The summed E-state index contributed by atoms with van der Waals surface area (Å²) in [6.45, 7) is 0. The fraction of sp³-hybridized carbons (Fsp3) is 0. The molecule has 9 aromatic carbocycles. The van der Waals surface area contributed by atoms with Crippen molar-refractivity contribution in [2.45, 2.75) is 0 Å². The number of hydrogen-bond acceptors (Lipinski definition) is 2. The van der Waals surface area contributed by atoms with Crippen molar-refractivity contribution in [1.29, 1.82) is 0 Å². The number of furan rings is 1. The maximum atomic E-state index is 6.15. The molecular weight excluding hydrogens is 631 g/mol. The van der Waals surface area contributed by atoms with Crippen molar-refractivity contribution in [3.05, 3.63) is 200 Å². The number of hydrogen-bond donors (Lipinski definition) is 0. The van der Waals surface area contributed by atoms with E-state index < -0.39 is 0 Å². The van der Waals surface area contributed by atoms with Gasteiger partial charge in [0.15, 0.2) is 0 Å². The zero-order valence-electron chi connectivity index (χ0n) is 28.4. The SMILES string of the molecule is c1ccc(-c2ccc(N(c3ccc(-c4cccc(-c5ccc6c(ccc7oc8ccccc8c76)c5)c4)cc3)c3ccc4ccccc4c3)cc2)cc1. The Morgan fingerprint density at radius 3 is 1.63 bits per heavy atom. The van der Waals surface area contributed by atoms with E-state index in [2.05, 4.69) is 193 Å². The summed E-state index contributed by atoms with van der Waals surface area (Å²) in [5.74, 6) is 0. The highest BCUT2D eigenvalue weighted by molar-refractivity contribution is 6.19. The molecule has 0 N–H and O–H groups in total. The lowest BCUT2D eigenvalue weighted by atomic mass is 9.96. The lowest BCUT2D eigenvalue weighted by Gasteiger charge is -2.26. The number of para-hydroxylation sites is 1. The van der Waals surface area contributed by atoms with E-state index in [1.54, 1.807) is 0 Å². The average molecular weight is 664 g/mol. The molecule has 0 atom stereocenters. The van der Waals surface area contributed by atoms with Crippen molar-refractivity contribution < 1.29 is 4.42 Å². The Kier molecular flexibility index (Phi) is 7.18. The van der Waals surface area contributed by atoms with Gasteiger partial charge in [0.1, 0.15) is 11.2 Å². The van der Waals surface area contributed by atoms with Gasteiger partial charge in [0.05, 0.1) is 0 Å². The van der Waals surface area contributed by atoms with Crippen LogP contribution in [0.5, 0.6) is 0 Å². The summed E-state index contributed by atoms with van der Waals surface area (Å²) in [4.78, 5) is 2.34. The van der Waals surface area contributed by atoms with E-state index in [9.17, 15) is 0 Å². The summed E-state index contributed by atoms with van der Waals surface area (Å²) in [5, 5.41) is 7.20. The number of benzene rings is 9. The van der Waals surface area contributed by atoms with E-state index in [-0.39, 0.29) is 0 Å². The van der Waals surface area contributed by atoms with Crippen molar-refractivity contribution in [3.63, 3.8) is 0 Å². The summed E-state index contributed by atoms with van der Waals surface area (Å²) in [6, 6.07) is 71.8. The lowest BCUT2D eigenvalue weighted by molar-refractivity contribution is 0.669. The van der Waals surface area contributed by atoms with Gasteiger partial charge in [0, 0.05) is 27.8 Å². The van der Waals surface area contributed by atoms with E-state index in [0.717, 1.165) is 33.6 Å². The van der Waals surface area contributed by atoms with Crippen molar-refractivity contribution >= 4 is 60.5 Å². The van der Waals surface area contributed by atoms with Crippen LogP contribution in [0.4, 0.5) is 17.1 Å². The topological polar surface area (TPSA) is 16.4 Å². The molecule has 52 heavy (non-hydrogen) atoms. The maximum absolute atomic E-state index is 6.15. The van der Waals surface area contributed by atoms with Gasteiger partial charge in [-0.1, -0.05) is 140 Å². The molecule has 1 heterocycles. The molecule has 10 rings (SSSR count). The molecule has 0 aliphatic heterocycles. The minimum absolute atomic E-state index is 0.925. The van der Waals surface area contributed by atoms with Gasteiger partial charge in [0.2, 0.25) is 0 Å². The van der Waals surface area contributed by atoms with Crippen molar-refractivity contribution in [3.8, 4) is 33.4 Å². The molecule has 0 aliphatic carbocycles. The van der Waals surface area contributed by atoms with Gasteiger partial charge in [-0.05, 0) is 116 Å². The van der Waals surface area contributed by atoms with Gasteiger partial charge < -0.3 is 9.32 Å². The van der Waals surface area contributed by atoms with Crippen molar-refractivity contribution in [2.24, 2.45) is 0 Å². The molecular formula is C50H33NO. The van der Waals surface area contributed by atoms with Gasteiger partial charge in [0.25, 0.3) is 0 Å². The quantitative estimate of drug-likeness (QED) is 0.176. The maximum Gasteiger partial charge on any atom is 0.136 e. The Morgan fingerprint density at radius 2 is 0.846 bits per heavy atom. The average Bonchev–Trinajstić information content (AvgIpc) is 3.61. The molecule has 0 bridgehead atoms. The Morgan fingerprint density at radius 1 is 0.288 bits per heavy atom. The molecule has 2 heteroatoms. The van der Waals surface area contributed by atoms with Gasteiger partial charge in [-0.25, -0.2) is 0 Å². The molecule has 1 aromatic heterocycles. The first-order valence-corrected chi connectivity index (χ1v) is 17.7. The van der Waals surface area contributed by atoms with Gasteiger partial charge in [-0.3, -0.25) is 0 Å². The largest absolute Gasteiger partial charge is 0.456 e. The zero-order valence-corrected chi connectivity index (χ0v) is 28.4. The summed E-state index contributed by atoms with van der Waals surface area (Å²) >= 11 is 0. The number of fused-ring (bicyclic) bond motifs is 6. The van der Waals surface area contributed by atoms with Crippen LogP contribution in [0.2, 0.25) is 0 Å². The Bertz CT molecular complexity index is 2890. The number of rotatable bonds is 6. The minimum atomic E-state index is 0.925. The highest BCUT2D eigenvalue weighted by Gasteiger charge is 2.15. The first-order chi connectivity index (χ1) is 25.7. The number of anilines is 3. The van der Waals surface area contributed by atoms with E-state index in [4.69, 9.17) is 4.42 Å². The third-order valence-electron chi connectivity index (χ3n) is 10.2. The monoisotopic (exact) mass is 663 g/mol. The van der Waals surface area contributed by atoms with Gasteiger partial charge in [-0.15, -0.1) is 0 Å². The number of nitrogens with zero attached hydrogens (tertiary/aromatic N) is 1. The van der Waals surface area contributed by atoms with Gasteiger partial charge in [-0.2, -0.15) is 0 Å². The highest BCUT2D eigenvalue weighted by Crippen LogP contribution is 2.39. The Balaban J connectivity index is 1.00. The first-order valence-electron chi connectivity index (χ1n) is 17.7. The van der Waals surface area contributed by atoms with Gasteiger partial charge >= 0.3 is 0 Å². The summed E-state index contributed by atoms with van der Waals surface area (Å²) in [6.07, 6.45) is 0. The van der Waals surface area contributed by atoms with Crippen LogP contribution in [0.25, 0.3) is 76.9 Å². The van der Waals surface area contributed by atoms with E-state index >= 15 is 0 Å². The molecule has 2 nitrogen and oxygen atoms in total. The Labute approximate surface area is 302 Å². The van der Waals surface area contributed by atoms with Crippen LogP contribution < -0.4 is 4.90 Å². The first kappa shape index (κ1) is 30.0. The van der Waals surface area contributed by atoms with E-state index in [1.807, 2.05) is 12.1 Å². The van der Waals surface area contributed by atoms with Crippen LogP contribution >= 0.6 is 0 Å². The van der Waals surface area contributed by atoms with Crippen LogP contribution in [0.1, 0.15) is 0 Å². The highest BCUT2D eigenvalue weighted by atomic mass is 16.3. The van der Waals surface area contributed by atoms with E-state index in [1.165, 1.54) is 60.3 Å². The third kappa shape index (κ3) is 5.30. The summed E-state index contributed by atoms with van der Waals surface area (Å²) < 4.78 is 6.15. The second-order valence-corrected chi connectivity index (χ2v) is 13.4. The predicted molar refractivity (Wildman–Crippen MR) is 220 cm³/mol. The minimum Gasteiger partial charge on any atom is -0.456 e. The van der Waals surface area contributed by atoms with Crippen LogP contribution in [0.15, 0.2) is 205 Å². The fourth-order valence-electron chi connectivity index (χ4n) is 7.61. The van der Waals surface area contributed by atoms with Crippen LogP contribution in [0.3, 0.4) is 0 Å². The normalized spacial score (nSPS) is 11.5. The third-order valence-corrected chi connectivity index (χ3v) is 10.2. The second-order valence-electron chi connectivity index (χ2n) is 13.4. The fourth-order valence-corrected chi connectivity index (χ4v) is 7.61. The molecule has 0 saturated carbocycles. The lowest BCUT2D eigenvalue weighted by Crippen LogP contribution is -2.09. The summed E-state index contributed by atoms with van der Waals surface area (Å²) in [5.41, 5.74) is 12.4. The molecule has 0 fully saturated rings. The Hall–Kier alpha value is -6.90. The molecule has 0 spiro atoms.